The number of halogens is 3. The van der Waals surface area contributed by atoms with Crippen LogP contribution in [0.15, 0.2) is 24.3 Å². The highest BCUT2D eigenvalue weighted by molar-refractivity contribution is 5.24. The van der Waals surface area contributed by atoms with Crippen LogP contribution in [-0.2, 0) is 6.18 Å². The van der Waals surface area contributed by atoms with Gasteiger partial charge in [0.05, 0.1) is 5.56 Å². The highest BCUT2D eigenvalue weighted by Crippen LogP contribution is 2.29. The van der Waals surface area contributed by atoms with E-state index in [0.717, 1.165) is 12.1 Å². The molecule has 0 bridgehead atoms. The minimum atomic E-state index is -4.30. The summed E-state index contributed by atoms with van der Waals surface area (Å²) in [5, 5.41) is 0. The van der Waals surface area contributed by atoms with Gasteiger partial charge >= 0.3 is 6.18 Å². The molecule has 0 spiro atoms. The summed E-state index contributed by atoms with van der Waals surface area (Å²) in [4.78, 5) is 0. The van der Waals surface area contributed by atoms with Crippen molar-refractivity contribution in [2.24, 2.45) is 0 Å². The molecule has 0 aromatic heterocycles. The van der Waals surface area contributed by atoms with Crippen LogP contribution >= 0.6 is 0 Å². The monoisotopic (exact) mass is 162 g/mol. The van der Waals surface area contributed by atoms with Crippen molar-refractivity contribution >= 4 is 0 Å². The van der Waals surface area contributed by atoms with Crippen molar-refractivity contribution < 1.29 is 14.5 Å². The fraction of sp³-hybridized carbons (Fsp3) is 0.250. The van der Waals surface area contributed by atoms with E-state index in [-0.39, 0.29) is 6.90 Å². The molecule has 1 rings (SSSR count). The quantitative estimate of drug-likeness (QED) is 0.550. The zero-order valence-corrected chi connectivity index (χ0v) is 5.65. The third-order valence-corrected chi connectivity index (χ3v) is 1.25. The predicted octanol–water partition coefficient (Wildman–Crippen LogP) is 3.01. The molecule has 0 aliphatic carbocycles. The lowest BCUT2D eigenvalue weighted by Gasteiger charge is -2.05. The molecule has 0 nitrogen and oxygen atoms in total. The molecule has 0 radical (unpaired) electrons. The SMILES string of the molecule is [3H]Cc1cccc(C(F)(F)F)c1. The summed E-state index contributed by atoms with van der Waals surface area (Å²) in [6.07, 6.45) is -4.30. The molecule has 3 heteroatoms. The Labute approximate surface area is 64.1 Å². The summed E-state index contributed by atoms with van der Waals surface area (Å²) in [6.45, 7) is -0.121. The van der Waals surface area contributed by atoms with Gasteiger partial charge in [0.1, 0.15) is 0 Å². The third-order valence-electron chi connectivity index (χ3n) is 1.25. The number of benzene rings is 1. The molecule has 0 aliphatic heterocycles. The van der Waals surface area contributed by atoms with E-state index in [2.05, 4.69) is 0 Å². The zero-order chi connectivity index (χ0) is 9.19. The van der Waals surface area contributed by atoms with Crippen molar-refractivity contribution in [3.63, 3.8) is 0 Å². The van der Waals surface area contributed by atoms with Crippen LogP contribution in [0.4, 0.5) is 13.2 Å². The van der Waals surface area contributed by atoms with Crippen LogP contribution in [0.25, 0.3) is 0 Å². The maximum absolute atomic E-state index is 12.0. The van der Waals surface area contributed by atoms with Gasteiger partial charge in [-0.25, -0.2) is 0 Å². The van der Waals surface area contributed by atoms with Crippen LogP contribution in [0.5, 0.6) is 0 Å². The Kier molecular flexibility index (Phi) is 1.56. The summed E-state index contributed by atoms with van der Waals surface area (Å²) < 4.78 is 43.0. The first-order chi connectivity index (χ1) is 5.54. The van der Waals surface area contributed by atoms with Crippen LogP contribution in [0.2, 0.25) is 0 Å². The third kappa shape index (κ3) is 1.97. The summed E-state index contributed by atoms with van der Waals surface area (Å²) >= 11 is 0. The molecule has 0 heterocycles. The molecule has 11 heavy (non-hydrogen) atoms. The van der Waals surface area contributed by atoms with E-state index in [4.69, 9.17) is 1.37 Å². The van der Waals surface area contributed by atoms with Crippen molar-refractivity contribution in [3.8, 4) is 0 Å². The molecule has 0 aliphatic rings. The molecular formula is C8H7F3. The Morgan fingerprint density at radius 1 is 1.36 bits per heavy atom. The second-order valence-electron chi connectivity index (χ2n) is 2.20. The summed E-state index contributed by atoms with van der Waals surface area (Å²) in [5.41, 5.74) is -0.308. The fourth-order valence-electron chi connectivity index (χ4n) is 0.748. The smallest absolute Gasteiger partial charge is 0.166 e. The molecule has 0 atom stereocenters. The Hall–Kier alpha value is -0.990. The van der Waals surface area contributed by atoms with Gasteiger partial charge in [-0.3, -0.25) is 0 Å². The molecule has 1 aromatic rings. The lowest BCUT2D eigenvalue weighted by molar-refractivity contribution is -0.137. The number of hydrogen-bond acceptors (Lipinski definition) is 0. The first-order valence-electron chi connectivity index (χ1n) is 3.70. The van der Waals surface area contributed by atoms with Crippen molar-refractivity contribution in [2.45, 2.75) is 13.1 Å². The fourth-order valence-corrected chi connectivity index (χ4v) is 0.748. The Bertz CT molecular complexity index is 267. The van der Waals surface area contributed by atoms with E-state index in [1.807, 2.05) is 0 Å². The van der Waals surface area contributed by atoms with Gasteiger partial charge in [0.25, 0.3) is 0 Å². The first-order valence-corrected chi connectivity index (χ1v) is 2.99. The minimum absolute atomic E-state index is 0.121. The molecule has 60 valence electrons. The van der Waals surface area contributed by atoms with E-state index < -0.39 is 11.7 Å². The van der Waals surface area contributed by atoms with Crippen LogP contribution in [0.3, 0.4) is 0 Å². The molecule has 0 unspecified atom stereocenters. The van der Waals surface area contributed by atoms with Crippen LogP contribution < -0.4 is 0 Å². The molecule has 0 amide bonds. The van der Waals surface area contributed by atoms with Gasteiger partial charge in [-0.05, 0) is 13.0 Å². The van der Waals surface area contributed by atoms with Gasteiger partial charge in [0.15, 0.2) is 0 Å². The van der Waals surface area contributed by atoms with Gasteiger partial charge in [0.2, 0.25) is 0 Å². The predicted molar refractivity (Wildman–Crippen MR) is 36.2 cm³/mol. The van der Waals surface area contributed by atoms with Gasteiger partial charge in [-0.2, -0.15) is 13.2 Å². The topological polar surface area (TPSA) is 0 Å². The van der Waals surface area contributed by atoms with E-state index in [0.29, 0.717) is 5.56 Å². The molecule has 0 saturated carbocycles. The Balaban J connectivity index is 3.02. The lowest BCUT2D eigenvalue weighted by atomic mass is 10.1. The van der Waals surface area contributed by atoms with Crippen molar-refractivity contribution in [2.75, 3.05) is 0 Å². The molecule has 0 saturated heterocycles. The number of alkyl halides is 3. The summed E-state index contributed by atoms with van der Waals surface area (Å²) in [6, 6.07) is 4.81. The van der Waals surface area contributed by atoms with Crippen molar-refractivity contribution in [1.29, 1.82) is 0 Å². The Morgan fingerprint density at radius 2 is 2.09 bits per heavy atom. The average molecular weight is 162 g/mol. The normalized spacial score (nSPS) is 12.8. The zero-order valence-electron chi connectivity index (χ0n) is 6.65. The largest absolute Gasteiger partial charge is 0.416 e. The van der Waals surface area contributed by atoms with E-state index in [1.165, 1.54) is 12.1 Å². The number of aryl methyl sites for hydroxylation is 1. The van der Waals surface area contributed by atoms with Gasteiger partial charge in [0, 0.05) is 1.37 Å². The molecule has 0 N–H and O–H groups in total. The van der Waals surface area contributed by atoms with Crippen molar-refractivity contribution in [3.05, 3.63) is 35.4 Å². The first kappa shape index (κ1) is 6.70. The van der Waals surface area contributed by atoms with E-state index in [9.17, 15) is 13.2 Å². The lowest BCUT2D eigenvalue weighted by Crippen LogP contribution is -2.04. The average Bonchev–Trinajstić information content (AvgIpc) is 2.03. The van der Waals surface area contributed by atoms with E-state index in [1.54, 1.807) is 0 Å². The molecular weight excluding hydrogens is 153 g/mol. The Morgan fingerprint density at radius 3 is 2.64 bits per heavy atom. The van der Waals surface area contributed by atoms with Crippen LogP contribution in [-0.4, -0.2) is 0 Å². The van der Waals surface area contributed by atoms with Crippen LogP contribution in [0.1, 0.15) is 12.5 Å². The number of hydrogen-bond donors (Lipinski definition) is 0. The second-order valence-corrected chi connectivity index (χ2v) is 2.20. The van der Waals surface area contributed by atoms with Crippen molar-refractivity contribution in [1.82, 2.24) is 0 Å². The van der Waals surface area contributed by atoms with Gasteiger partial charge < -0.3 is 0 Å². The highest BCUT2D eigenvalue weighted by Gasteiger charge is 2.29. The number of rotatable bonds is 0. The van der Waals surface area contributed by atoms with Gasteiger partial charge in [-0.15, -0.1) is 0 Å². The van der Waals surface area contributed by atoms with E-state index >= 15 is 0 Å². The minimum Gasteiger partial charge on any atom is -0.166 e. The highest BCUT2D eigenvalue weighted by atomic mass is 19.4. The summed E-state index contributed by atoms with van der Waals surface area (Å²) in [5.74, 6) is 0. The maximum Gasteiger partial charge on any atom is 0.416 e. The maximum atomic E-state index is 12.0. The molecule has 0 fully saturated rings. The van der Waals surface area contributed by atoms with Crippen LogP contribution in [0, 0.1) is 6.90 Å². The molecule has 1 aromatic carbocycles. The summed E-state index contributed by atoms with van der Waals surface area (Å²) in [7, 11) is 0. The van der Waals surface area contributed by atoms with Gasteiger partial charge in [-0.1, -0.05) is 23.8 Å². The standard InChI is InChI=1S/C8H7F3/c1-6-3-2-4-7(5-6)8(9,10)11/h2-5H,1H3/i1T. The second kappa shape index (κ2) is 2.57.